The Morgan fingerprint density at radius 2 is 2.00 bits per heavy atom. The van der Waals surface area contributed by atoms with Crippen LogP contribution >= 0.6 is 50.7 Å². The largest absolute Gasteiger partial charge is 0.440 e. The lowest BCUT2D eigenvalue weighted by Crippen LogP contribution is -2.50. The molecule has 21 heavy (non-hydrogen) atoms. The highest BCUT2D eigenvalue weighted by molar-refractivity contribution is 9.10. The molecule has 2 saturated heterocycles. The van der Waals surface area contributed by atoms with Crippen LogP contribution < -0.4 is 0 Å². The molecule has 0 unspecified atom stereocenters. The molecule has 2 fully saturated rings. The van der Waals surface area contributed by atoms with Gasteiger partial charge in [-0.15, -0.1) is 0 Å². The Hall–Kier alpha value is -0.000000000000000111. The molecule has 3 rings (SSSR count). The first-order valence-corrected chi connectivity index (χ1v) is 8.55. The summed E-state index contributed by atoms with van der Waals surface area (Å²) in [5.74, 6) is -0.292. The van der Waals surface area contributed by atoms with E-state index in [9.17, 15) is 4.79 Å². The van der Waals surface area contributed by atoms with E-state index < -0.39 is 15.6 Å². The minimum absolute atomic E-state index is 0.292. The number of hydrogen-bond donors (Lipinski definition) is 0. The quantitative estimate of drug-likeness (QED) is 0.541. The summed E-state index contributed by atoms with van der Waals surface area (Å²) in [6.45, 7) is 0.695. The van der Waals surface area contributed by atoms with Crippen LogP contribution in [0.25, 0.3) is 0 Å². The number of carbonyl (C=O) groups excluding carboxylic acids is 1. The van der Waals surface area contributed by atoms with Crippen LogP contribution in [0.3, 0.4) is 0 Å². The molecular formula is C14H13BrCl3NO2. The summed E-state index contributed by atoms with van der Waals surface area (Å²) >= 11 is 21.3. The molecule has 0 N–H and O–H groups in total. The van der Waals surface area contributed by atoms with Gasteiger partial charge in [0, 0.05) is 17.4 Å². The SMILES string of the molecule is O=C1O[C@H](C(Cl)(Cl)Cl)N2CCC[C@@]12Cc1ccc(Br)cc1. The molecular weight excluding hydrogens is 400 g/mol. The Labute approximate surface area is 146 Å². The van der Waals surface area contributed by atoms with Crippen LogP contribution in [0.5, 0.6) is 0 Å². The Morgan fingerprint density at radius 1 is 1.33 bits per heavy atom. The highest BCUT2D eigenvalue weighted by Gasteiger charge is 2.62. The molecule has 0 aliphatic carbocycles. The second kappa shape index (κ2) is 5.57. The maximum atomic E-state index is 12.5. The molecule has 0 amide bonds. The lowest BCUT2D eigenvalue weighted by Gasteiger charge is -2.32. The molecule has 2 atom stereocenters. The molecule has 0 aromatic heterocycles. The van der Waals surface area contributed by atoms with E-state index in [4.69, 9.17) is 39.5 Å². The fourth-order valence-electron chi connectivity index (χ4n) is 3.18. The summed E-state index contributed by atoms with van der Waals surface area (Å²) in [5.41, 5.74) is 0.356. The molecule has 114 valence electrons. The van der Waals surface area contributed by atoms with Crippen molar-refractivity contribution in [2.24, 2.45) is 0 Å². The third kappa shape index (κ3) is 2.81. The number of esters is 1. The number of ether oxygens (including phenoxy) is 1. The number of halogens is 4. The molecule has 2 aliphatic heterocycles. The van der Waals surface area contributed by atoms with E-state index in [-0.39, 0.29) is 5.97 Å². The van der Waals surface area contributed by atoms with Crippen LogP contribution in [0.1, 0.15) is 18.4 Å². The zero-order valence-corrected chi connectivity index (χ0v) is 14.8. The summed E-state index contributed by atoms with van der Waals surface area (Å²) in [5, 5.41) is 0. The van der Waals surface area contributed by atoms with Gasteiger partial charge in [-0.2, -0.15) is 0 Å². The van der Waals surface area contributed by atoms with Crippen LogP contribution in [0.2, 0.25) is 0 Å². The lowest BCUT2D eigenvalue weighted by atomic mass is 9.89. The van der Waals surface area contributed by atoms with Gasteiger partial charge in [0.05, 0.1) is 0 Å². The summed E-state index contributed by atoms with van der Waals surface area (Å²) in [6.07, 6.45) is 1.37. The van der Waals surface area contributed by atoms with Crippen molar-refractivity contribution in [3.8, 4) is 0 Å². The fraction of sp³-hybridized carbons (Fsp3) is 0.500. The van der Waals surface area contributed by atoms with Crippen LogP contribution in [0.15, 0.2) is 28.7 Å². The number of cyclic esters (lactones) is 1. The molecule has 0 bridgehead atoms. The molecule has 0 spiro atoms. The lowest BCUT2D eigenvalue weighted by molar-refractivity contribution is -0.145. The van der Waals surface area contributed by atoms with E-state index in [0.717, 1.165) is 22.9 Å². The van der Waals surface area contributed by atoms with Crippen LogP contribution in [-0.2, 0) is 16.0 Å². The number of rotatable bonds is 2. The molecule has 3 nitrogen and oxygen atoms in total. The maximum Gasteiger partial charge on any atom is 0.328 e. The number of nitrogens with zero attached hydrogens (tertiary/aromatic N) is 1. The van der Waals surface area contributed by atoms with Crippen molar-refractivity contribution >= 4 is 56.7 Å². The van der Waals surface area contributed by atoms with Gasteiger partial charge in [-0.3, -0.25) is 0 Å². The van der Waals surface area contributed by atoms with Crippen molar-refractivity contribution in [1.29, 1.82) is 0 Å². The molecule has 7 heteroatoms. The van der Waals surface area contributed by atoms with Crippen LogP contribution in [-0.4, -0.2) is 33.0 Å². The zero-order valence-electron chi connectivity index (χ0n) is 11.0. The van der Waals surface area contributed by atoms with Gasteiger partial charge in [0.1, 0.15) is 5.54 Å². The number of carbonyl (C=O) groups is 1. The number of hydrogen-bond acceptors (Lipinski definition) is 3. The van der Waals surface area contributed by atoms with E-state index in [1.807, 2.05) is 29.2 Å². The third-order valence-corrected chi connectivity index (χ3v) is 5.20. The number of alkyl halides is 3. The first-order chi connectivity index (χ1) is 9.83. The van der Waals surface area contributed by atoms with E-state index in [0.29, 0.717) is 13.0 Å². The van der Waals surface area contributed by atoms with Crippen LogP contribution in [0.4, 0.5) is 0 Å². The molecule has 2 aliphatic rings. The highest BCUT2D eigenvalue weighted by atomic mass is 79.9. The Kier molecular flexibility index (Phi) is 4.21. The Morgan fingerprint density at radius 3 is 2.62 bits per heavy atom. The van der Waals surface area contributed by atoms with E-state index in [2.05, 4.69) is 15.9 Å². The van der Waals surface area contributed by atoms with Crippen molar-refractivity contribution in [2.75, 3.05) is 6.54 Å². The molecule has 1 aromatic carbocycles. The smallest absolute Gasteiger partial charge is 0.328 e. The average Bonchev–Trinajstić information content (AvgIpc) is 2.91. The maximum absolute atomic E-state index is 12.5. The summed E-state index contributed by atoms with van der Waals surface area (Å²) < 4.78 is 4.74. The topological polar surface area (TPSA) is 29.5 Å². The zero-order chi connectivity index (χ0) is 15.3. The van der Waals surface area contributed by atoms with E-state index in [1.165, 1.54) is 0 Å². The van der Waals surface area contributed by atoms with E-state index >= 15 is 0 Å². The van der Waals surface area contributed by atoms with Gasteiger partial charge in [0.2, 0.25) is 10.0 Å². The van der Waals surface area contributed by atoms with Crippen molar-refractivity contribution in [1.82, 2.24) is 4.90 Å². The highest BCUT2D eigenvalue weighted by Crippen LogP contribution is 2.47. The molecule has 0 radical (unpaired) electrons. The first-order valence-electron chi connectivity index (χ1n) is 6.62. The fourth-order valence-corrected chi connectivity index (χ4v) is 3.93. The minimum atomic E-state index is -1.64. The van der Waals surface area contributed by atoms with Gasteiger partial charge < -0.3 is 4.74 Å². The van der Waals surface area contributed by atoms with Crippen molar-refractivity contribution in [3.63, 3.8) is 0 Å². The predicted octanol–water partition coefficient (Wildman–Crippen LogP) is 4.08. The Balaban J connectivity index is 1.91. The van der Waals surface area contributed by atoms with Crippen molar-refractivity contribution in [2.45, 2.75) is 34.8 Å². The monoisotopic (exact) mass is 411 g/mol. The van der Waals surface area contributed by atoms with Crippen molar-refractivity contribution in [3.05, 3.63) is 34.3 Å². The van der Waals surface area contributed by atoms with Crippen LogP contribution in [0, 0.1) is 0 Å². The first kappa shape index (κ1) is 15.9. The minimum Gasteiger partial charge on any atom is -0.440 e. The second-order valence-corrected chi connectivity index (χ2v) is 8.72. The summed E-state index contributed by atoms with van der Waals surface area (Å²) in [7, 11) is 0. The normalized spacial score (nSPS) is 29.5. The van der Waals surface area contributed by atoms with E-state index in [1.54, 1.807) is 0 Å². The van der Waals surface area contributed by atoms with Gasteiger partial charge in [0.25, 0.3) is 0 Å². The third-order valence-electron chi connectivity index (χ3n) is 4.11. The predicted molar refractivity (Wildman–Crippen MR) is 86.7 cm³/mol. The number of fused-ring (bicyclic) bond motifs is 1. The van der Waals surface area contributed by atoms with Gasteiger partial charge in [-0.05, 0) is 30.5 Å². The number of benzene rings is 1. The molecule has 1 aromatic rings. The van der Waals surface area contributed by atoms with Gasteiger partial charge >= 0.3 is 5.97 Å². The average molecular weight is 414 g/mol. The standard InChI is InChI=1S/C14H13BrCl3NO2/c15-10-4-2-9(3-5-10)8-13-6-1-7-19(13)11(14(16,17)18)21-12(13)20/h2-5,11H,1,6-8H2/t11-,13-/m1/s1. The van der Waals surface area contributed by atoms with Gasteiger partial charge in [0.15, 0.2) is 0 Å². The molecule has 2 heterocycles. The molecule has 0 saturated carbocycles. The van der Waals surface area contributed by atoms with Gasteiger partial charge in [-0.1, -0.05) is 62.9 Å². The van der Waals surface area contributed by atoms with Crippen molar-refractivity contribution < 1.29 is 9.53 Å². The van der Waals surface area contributed by atoms with Gasteiger partial charge in [-0.25, -0.2) is 9.69 Å². The summed E-state index contributed by atoms with van der Waals surface area (Å²) in [4.78, 5) is 14.4. The Bertz CT molecular complexity index is 560. The summed E-state index contributed by atoms with van der Waals surface area (Å²) in [6, 6.07) is 7.90. The second-order valence-electron chi connectivity index (χ2n) is 5.43.